The number of nitrogens with zero attached hydrogens (tertiary/aromatic N) is 3. The second-order valence-electron chi connectivity index (χ2n) is 4.15. The summed E-state index contributed by atoms with van der Waals surface area (Å²) in [5, 5.41) is 13.3. The number of benzene rings is 1. The van der Waals surface area contributed by atoms with E-state index in [9.17, 15) is 9.59 Å². The van der Waals surface area contributed by atoms with Gasteiger partial charge in [0.05, 0.1) is 16.9 Å². The molecule has 0 bridgehead atoms. The van der Waals surface area contributed by atoms with Gasteiger partial charge >= 0.3 is 0 Å². The van der Waals surface area contributed by atoms with E-state index in [0.717, 1.165) is 0 Å². The Morgan fingerprint density at radius 1 is 1.29 bits per heavy atom. The van der Waals surface area contributed by atoms with E-state index in [-0.39, 0.29) is 24.2 Å². The smallest absolute Gasteiger partial charge is 0.246 e. The number of hydrogen-bond acceptors (Lipinski definition) is 4. The Morgan fingerprint density at radius 2 is 2.05 bits per heavy atom. The number of nitrogens with one attached hydrogen (secondary N) is 2. The normalized spacial score (nSPS) is 10.2. The highest BCUT2D eigenvalue weighted by molar-refractivity contribution is 6.35. The van der Waals surface area contributed by atoms with Crippen LogP contribution in [0.1, 0.15) is 6.92 Å². The van der Waals surface area contributed by atoms with Crippen molar-refractivity contribution in [2.75, 3.05) is 10.6 Å². The Hall–Kier alpha value is -2.12. The van der Waals surface area contributed by atoms with Crippen LogP contribution in [0.25, 0.3) is 0 Å². The zero-order valence-electron chi connectivity index (χ0n) is 10.9. The van der Waals surface area contributed by atoms with Crippen LogP contribution in [0.2, 0.25) is 10.0 Å². The van der Waals surface area contributed by atoms with E-state index >= 15 is 0 Å². The van der Waals surface area contributed by atoms with E-state index < -0.39 is 0 Å². The van der Waals surface area contributed by atoms with Crippen LogP contribution in [0.15, 0.2) is 24.4 Å². The first-order valence-corrected chi connectivity index (χ1v) is 6.62. The van der Waals surface area contributed by atoms with Gasteiger partial charge in [-0.3, -0.25) is 9.59 Å². The third-order valence-electron chi connectivity index (χ3n) is 2.35. The Balaban J connectivity index is 2.00. The number of halogens is 2. The van der Waals surface area contributed by atoms with Crippen LogP contribution in [0.5, 0.6) is 0 Å². The molecule has 0 aliphatic carbocycles. The zero-order chi connectivity index (χ0) is 15.4. The van der Waals surface area contributed by atoms with E-state index in [1.165, 1.54) is 17.8 Å². The Labute approximate surface area is 130 Å². The number of carbonyl (C=O) groups excluding carboxylic acids is 2. The lowest BCUT2D eigenvalue weighted by atomic mass is 10.3. The van der Waals surface area contributed by atoms with Gasteiger partial charge in [-0.05, 0) is 18.2 Å². The van der Waals surface area contributed by atoms with Crippen LogP contribution >= 0.6 is 23.2 Å². The maximum Gasteiger partial charge on any atom is 0.246 e. The standard InChI is InChI=1S/C12H11Cl2N5O2/c1-7(20)15-11-5-19(18-17-11)6-12(21)16-10-4-8(13)2-3-9(10)14/h2-5H,6H2,1H3,(H,15,20)(H,16,21). The lowest BCUT2D eigenvalue weighted by Crippen LogP contribution is -2.19. The van der Waals surface area contributed by atoms with Crippen molar-refractivity contribution >= 4 is 46.5 Å². The van der Waals surface area contributed by atoms with Crippen molar-refractivity contribution in [1.82, 2.24) is 15.0 Å². The van der Waals surface area contributed by atoms with Gasteiger partial charge in [-0.15, -0.1) is 5.10 Å². The number of amides is 2. The van der Waals surface area contributed by atoms with Gasteiger partial charge in [0, 0.05) is 11.9 Å². The second-order valence-corrected chi connectivity index (χ2v) is 5.00. The van der Waals surface area contributed by atoms with Crippen molar-refractivity contribution in [3.8, 4) is 0 Å². The molecule has 2 rings (SSSR count). The first-order valence-electron chi connectivity index (χ1n) is 5.86. The minimum absolute atomic E-state index is 0.0740. The highest BCUT2D eigenvalue weighted by Gasteiger charge is 2.09. The van der Waals surface area contributed by atoms with Gasteiger partial charge in [0.15, 0.2) is 5.82 Å². The molecule has 0 saturated heterocycles. The fraction of sp³-hybridized carbons (Fsp3) is 0.167. The van der Waals surface area contributed by atoms with Crippen molar-refractivity contribution < 1.29 is 9.59 Å². The van der Waals surface area contributed by atoms with E-state index in [1.54, 1.807) is 18.2 Å². The molecule has 0 atom stereocenters. The SMILES string of the molecule is CC(=O)Nc1cn(CC(=O)Nc2cc(Cl)ccc2Cl)nn1. The van der Waals surface area contributed by atoms with Gasteiger partial charge < -0.3 is 10.6 Å². The molecular weight excluding hydrogens is 317 g/mol. The molecule has 0 fully saturated rings. The van der Waals surface area contributed by atoms with Crippen LogP contribution in [-0.4, -0.2) is 26.8 Å². The molecule has 0 unspecified atom stereocenters. The molecule has 2 amide bonds. The minimum Gasteiger partial charge on any atom is -0.323 e. The van der Waals surface area contributed by atoms with Gasteiger partial charge in [0.1, 0.15) is 6.54 Å². The fourth-order valence-electron chi connectivity index (χ4n) is 1.54. The molecule has 0 spiro atoms. The lowest BCUT2D eigenvalue weighted by molar-refractivity contribution is -0.117. The third kappa shape index (κ3) is 4.44. The monoisotopic (exact) mass is 327 g/mol. The van der Waals surface area contributed by atoms with Crippen LogP contribution in [0, 0.1) is 0 Å². The summed E-state index contributed by atoms with van der Waals surface area (Å²) in [5.41, 5.74) is 0.413. The highest BCUT2D eigenvalue weighted by atomic mass is 35.5. The average molecular weight is 328 g/mol. The number of carbonyl (C=O) groups is 2. The molecule has 1 aromatic heterocycles. The summed E-state index contributed by atoms with van der Waals surface area (Å²) in [5.74, 6) is -0.341. The molecule has 7 nitrogen and oxygen atoms in total. The Kier molecular flexibility index (Phi) is 4.77. The largest absolute Gasteiger partial charge is 0.323 e. The van der Waals surface area contributed by atoms with Gasteiger partial charge in [-0.1, -0.05) is 28.4 Å². The maximum absolute atomic E-state index is 11.9. The van der Waals surface area contributed by atoms with Gasteiger partial charge in [-0.2, -0.15) is 0 Å². The summed E-state index contributed by atoms with van der Waals surface area (Å²) in [7, 11) is 0. The molecule has 0 radical (unpaired) electrons. The summed E-state index contributed by atoms with van der Waals surface area (Å²) in [6.07, 6.45) is 1.44. The molecule has 110 valence electrons. The van der Waals surface area contributed by atoms with Crippen LogP contribution in [0.3, 0.4) is 0 Å². The average Bonchev–Trinajstić information content (AvgIpc) is 2.80. The number of hydrogen-bond donors (Lipinski definition) is 2. The van der Waals surface area contributed by atoms with Crippen molar-refractivity contribution in [3.63, 3.8) is 0 Å². The van der Waals surface area contributed by atoms with Crippen LogP contribution in [0.4, 0.5) is 11.5 Å². The predicted molar refractivity (Wildman–Crippen MR) is 79.4 cm³/mol. The number of anilines is 2. The third-order valence-corrected chi connectivity index (χ3v) is 2.92. The molecule has 1 aromatic carbocycles. The van der Waals surface area contributed by atoms with Crippen molar-refractivity contribution in [2.24, 2.45) is 0 Å². The van der Waals surface area contributed by atoms with Gasteiger partial charge in [-0.25, -0.2) is 4.68 Å². The molecule has 9 heteroatoms. The van der Waals surface area contributed by atoms with E-state index in [1.807, 2.05) is 0 Å². The van der Waals surface area contributed by atoms with Gasteiger partial charge in [0.2, 0.25) is 11.8 Å². The van der Waals surface area contributed by atoms with Gasteiger partial charge in [0.25, 0.3) is 0 Å². The summed E-state index contributed by atoms with van der Waals surface area (Å²) in [4.78, 5) is 22.7. The molecule has 1 heterocycles. The van der Waals surface area contributed by atoms with Crippen LogP contribution < -0.4 is 10.6 Å². The number of rotatable bonds is 4. The molecular formula is C12H11Cl2N5O2. The topological polar surface area (TPSA) is 88.9 Å². The van der Waals surface area contributed by atoms with E-state index in [2.05, 4.69) is 20.9 Å². The summed E-state index contributed by atoms with van der Waals surface area (Å²) in [6, 6.07) is 4.76. The molecule has 0 aliphatic heterocycles. The predicted octanol–water partition coefficient (Wildman–Crippen LogP) is 2.18. The Bertz CT molecular complexity index is 686. The summed E-state index contributed by atoms with van der Waals surface area (Å²) >= 11 is 11.8. The summed E-state index contributed by atoms with van der Waals surface area (Å²) in [6.45, 7) is 1.28. The van der Waals surface area contributed by atoms with E-state index in [0.29, 0.717) is 15.7 Å². The Morgan fingerprint density at radius 3 is 2.76 bits per heavy atom. The summed E-state index contributed by atoms with van der Waals surface area (Å²) < 4.78 is 1.29. The minimum atomic E-state index is -0.349. The molecule has 2 N–H and O–H groups in total. The zero-order valence-corrected chi connectivity index (χ0v) is 12.4. The van der Waals surface area contributed by atoms with E-state index in [4.69, 9.17) is 23.2 Å². The molecule has 21 heavy (non-hydrogen) atoms. The van der Waals surface area contributed by atoms with Crippen LogP contribution in [-0.2, 0) is 16.1 Å². The molecule has 0 aliphatic rings. The lowest BCUT2D eigenvalue weighted by Gasteiger charge is -2.07. The van der Waals surface area contributed by atoms with Crippen molar-refractivity contribution in [2.45, 2.75) is 13.5 Å². The fourth-order valence-corrected chi connectivity index (χ4v) is 1.88. The second kappa shape index (κ2) is 6.55. The first-order chi connectivity index (χ1) is 9.94. The maximum atomic E-state index is 11.9. The highest BCUT2D eigenvalue weighted by Crippen LogP contribution is 2.25. The quantitative estimate of drug-likeness (QED) is 0.900. The van der Waals surface area contributed by atoms with Crippen molar-refractivity contribution in [1.29, 1.82) is 0 Å². The van der Waals surface area contributed by atoms with Crippen molar-refractivity contribution in [3.05, 3.63) is 34.4 Å². The first kappa shape index (κ1) is 15.3. The molecule has 2 aromatic rings. The number of aromatic nitrogens is 3. The molecule has 0 saturated carbocycles.